The summed E-state index contributed by atoms with van der Waals surface area (Å²) in [7, 11) is -1.81. The lowest BCUT2D eigenvalue weighted by atomic mass is 9.64. The fourth-order valence-corrected chi connectivity index (χ4v) is 2.99. The van der Waals surface area contributed by atoms with Crippen LogP contribution < -0.4 is 0 Å². The van der Waals surface area contributed by atoms with E-state index >= 15 is 0 Å². The van der Waals surface area contributed by atoms with E-state index in [0.717, 1.165) is 24.8 Å². The Labute approximate surface area is 107 Å². The number of methoxy groups -OCH3 is 1. The average Bonchev–Trinajstić information content (AvgIpc) is 2.27. The third kappa shape index (κ3) is 2.03. The van der Waals surface area contributed by atoms with Crippen molar-refractivity contribution >= 4 is 15.8 Å². The molecule has 0 bridgehead atoms. The maximum atomic E-state index is 11.9. The Morgan fingerprint density at radius 1 is 1.22 bits per heavy atom. The highest BCUT2D eigenvalue weighted by atomic mass is 32.2. The van der Waals surface area contributed by atoms with Crippen molar-refractivity contribution in [3.05, 3.63) is 29.8 Å². The normalized spacial score (nSPS) is 17.9. The molecule has 1 aromatic rings. The number of ether oxygens (including phenoxy) is 1. The van der Waals surface area contributed by atoms with Crippen molar-refractivity contribution in [2.24, 2.45) is 0 Å². The van der Waals surface area contributed by atoms with Gasteiger partial charge < -0.3 is 4.74 Å². The van der Waals surface area contributed by atoms with E-state index in [4.69, 9.17) is 4.74 Å². The molecule has 0 unspecified atom stereocenters. The van der Waals surface area contributed by atoms with Gasteiger partial charge in [-0.15, -0.1) is 0 Å². The van der Waals surface area contributed by atoms with Crippen LogP contribution in [0.3, 0.4) is 0 Å². The number of sulfone groups is 1. The number of carbonyl (C=O) groups excluding carboxylic acids is 1. The summed E-state index contributed by atoms with van der Waals surface area (Å²) in [6.07, 6.45) is 3.68. The van der Waals surface area contributed by atoms with Crippen LogP contribution in [0, 0.1) is 0 Å². The summed E-state index contributed by atoms with van der Waals surface area (Å²) in [5.41, 5.74) is 0.276. The first-order chi connectivity index (χ1) is 8.40. The molecule has 0 radical (unpaired) electrons. The van der Waals surface area contributed by atoms with E-state index in [1.54, 1.807) is 24.3 Å². The third-order valence-electron chi connectivity index (χ3n) is 3.62. The van der Waals surface area contributed by atoms with Gasteiger partial charge in [0.25, 0.3) is 0 Å². The van der Waals surface area contributed by atoms with E-state index in [0.29, 0.717) is 0 Å². The Bertz CT molecular complexity index is 553. The van der Waals surface area contributed by atoms with Crippen molar-refractivity contribution < 1.29 is 17.9 Å². The topological polar surface area (TPSA) is 60.4 Å². The number of esters is 1. The number of hydrogen-bond donors (Lipinski definition) is 0. The Hall–Kier alpha value is -1.36. The van der Waals surface area contributed by atoms with E-state index in [-0.39, 0.29) is 10.9 Å². The van der Waals surface area contributed by atoms with Crippen LogP contribution in [0.2, 0.25) is 0 Å². The standard InChI is InChI=1S/C13H16O4S/c1-17-12(14)13(8-3-9-13)10-4-6-11(7-5-10)18(2,15)16/h4-7H,3,8-9H2,1-2H3. The summed E-state index contributed by atoms with van der Waals surface area (Å²) in [5.74, 6) is -0.235. The fourth-order valence-electron chi connectivity index (χ4n) is 2.36. The molecule has 0 aliphatic heterocycles. The Morgan fingerprint density at radius 2 is 1.78 bits per heavy atom. The Balaban J connectivity index is 2.37. The second-order valence-electron chi connectivity index (χ2n) is 4.72. The van der Waals surface area contributed by atoms with Gasteiger partial charge in [0.2, 0.25) is 0 Å². The van der Waals surface area contributed by atoms with Crippen LogP contribution >= 0.6 is 0 Å². The first-order valence-electron chi connectivity index (χ1n) is 5.79. The molecule has 2 rings (SSSR count). The van der Waals surface area contributed by atoms with Crippen LogP contribution in [0.5, 0.6) is 0 Å². The SMILES string of the molecule is COC(=O)C1(c2ccc(S(C)(=O)=O)cc2)CCC1. The zero-order valence-electron chi connectivity index (χ0n) is 10.5. The molecule has 0 aromatic heterocycles. The molecule has 18 heavy (non-hydrogen) atoms. The van der Waals surface area contributed by atoms with Gasteiger partial charge in [-0.25, -0.2) is 8.42 Å². The van der Waals surface area contributed by atoms with Gasteiger partial charge in [0.1, 0.15) is 0 Å². The van der Waals surface area contributed by atoms with Gasteiger partial charge in [-0.3, -0.25) is 4.79 Å². The van der Waals surface area contributed by atoms with Gasteiger partial charge in [-0.2, -0.15) is 0 Å². The molecule has 1 aromatic carbocycles. The third-order valence-corrected chi connectivity index (χ3v) is 4.75. The molecule has 4 nitrogen and oxygen atoms in total. The lowest BCUT2D eigenvalue weighted by Gasteiger charge is -2.39. The highest BCUT2D eigenvalue weighted by Crippen LogP contribution is 2.44. The zero-order chi connectivity index (χ0) is 13.4. The summed E-state index contributed by atoms with van der Waals surface area (Å²) in [5, 5.41) is 0. The molecule has 0 atom stereocenters. The second kappa shape index (κ2) is 4.39. The van der Waals surface area contributed by atoms with Crippen LogP contribution in [0.4, 0.5) is 0 Å². The minimum atomic E-state index is -3.20. The molecular weight excluding hydrogens is 252 g/mol. The van der Waals surface area contributed by atoms with Gasteiger partial charge in [0, 0.05) is 6.26 Å². The van der Waals surface area contributed by atoms with Crippen molar-refractivity contribution in [1.82, 2.24) is 0 Å². The number of carbonyl (C=O) groups is 1. The summed E-state index contributed by atoms with van der Waals surface area (Å²) < 4.78 is 27.6. The van der Waals surface area contributed by atoms with Gasteiger partial charge in [0.15, 0.2) is 9.84 Å². The quantitative estimate of drug-likeness (QED) is 0.783. The van der Waals surface area contributed by atoms with Crippen LogP contribution in [0.25, 0.3) is 0 Å². The number of benzene rings is 1. The van der Waals surface area contributed by atoms with Crippen molar-refractivity contribution in [2.75, 3.05) is 13.4 Å². The van der Waals surface area contributed by atoms with Crippen molar-refractivity contribution in [3.8, 4) is 0 Å². The fraction of sp³-hybridized carbons (Fsp3) is 0.462. The van der Waals surface area contributed by atoms with E-state index in [2.05, 4.69) is 0 Å². The zero-order valence-corrected chi connectivity index (χ0v) is 11.3. The minimum Gasteiger partial charge on any atom is -0.468 e. The predicted molar refractivity (Wildman–Crippen MR) is 67.1 cm³/mol. The average molecular weight is 268 g/mol. The number of rotatable bonds is 3. The molecule has 98 valence electrons. The smallest absolute Gasteiger partial charge is 0.316 e. The van der Waals surface area contributed by atoms with Gasteiger partial charge in [-0.05, 0) is 30.5 Å². The minimum absolute atomic E-state index is 0.235. The molecule has 1 aliphatic rings. The Kier molecular flexibility index (Phi) is 3.19. The van der Waals surface area contributed by atoms with Gasteiger partial charge >= 0.3 is 5.97 Å². The number of hydrogen-bond acceptors (Lipinski definition) is 4. The molecule has 1 fully saturated rings. The summed E-state index contributed by atoms with van der Waals surface area (Å²) in [6, 6.07) is 6.53. The van der Waals surface area contributed by atoms with E-state index < -0.39 is 15.3 Å². The van der Waals surface area contributed by atoms with Crippen LogP contribution in [-0.4, -0.2) is 27.8 Å². The van der Waals surface area contributed by atoms with Crippen molar-refractivity contribution in [2.45, 2.75) is 29.6 Å². The Morgan fingerprint density at radius 3 is 2.11 bits per heavy atom. The van der Waals surface area contributed by atoms with Crippen molar-refractivity contribution in [1.29, 1.82) is 0 Å². The molecule has 0 amide bonds. The maximum Gasteiger partial charge on any atom is 0.316 e. The first kappa shape index (κ1) is 13.1. The predicted octanol–water partition coefficient (Wildman–Crippen LogP) is 1.68. The van der Waals surface area contributed by atoms with Gasteiger partial charge in [-0.1, -0.05) is 18.6 Å². The van der Waals surface area contributed by atoms with Crippen molar-refractivity contribution in [3.63, 3.8) is 0 Å². The molecule has 5 heteroatoms. The molecule has 0 spiro atoms. The van der Waals surface area contributed by atoms with E-state index in [9.17, 15) is 13.2 Å². The molecule has 0 N–H and O–H groups in total. The lowest BCUT2D eigenvalue weighted by molar-refractivity contribution is -0.151. The summed E-state index contributed by atoms with van der Waals surface area (Å²) in [6.45, 7) is 0. The van der Waals surface area contributed by atoms with Crippen LogP contribution in [-0.2, 0) is 24.8 Å². The lowest BCUT2D eigenvalue weighted by Crippen LogP contribution is -2.43. The second-order valence-corrected chi connectivity index (χ2v) is 6.74. The summed E-state index contributed by atoms with van der Waals surface area (Å²) >= 11 is 0. The maximum absolute atomic E-state index is 11.9. The highest BCUT2D eigenvalue weighted by molar-refractivity contribution is 7.90. The molecular formula is C13H16O4S. The highest BCUT2D eigenvalue weighted by Gasteiger charge is 2.46. The first-order valence-corrected chi connectivity index (χ1v) is 7.68. The molecule has 1 saturated carbocycles. The van der Waals surface area contributed by atoms with Gasteiger partial charge in [0.05, 0.1) is 17.4 Å². The molecule has 0 heterocycles. The summed E-state index contributed by atoms with van der Waals surface area (Å²) in [4.78, 5) is 12.1. The largest absolute Gasteiger partial charge is 0.468 e. The monoisotopic (exact) mass is 268 g/mol. The van der Waals surface area contributed by atoms with Crippen LogP contribution in [0.15, 0.2) is 29.2 Å². The van der Waals surface area contributed by atoms with E-state index in [1.165, 1.54) is 13.4 Å². The van der Waals surface area contributed by atoms with Crippen LogP contribution in [0.1, 0.15) is 24.8 Å². The molecule has 0 saturated heterocycles. The van der Waals surface area contributed by atoms with E-state index in [1.807, 2.05) is 0 Å². The molecule has 1 aliphatic carbocycles.